The van der Waals surface area contributed by atoms with Crippen LogP contribution >= 0.6 is 0 Å². The fourth-order valence-corrected chi connectivity index (χ4v) is 1.47. The third-order valence-electron chi connectivity index (χ3n) is 2.28. The molecule has 0 saturated heterocycles. The van der Waals surface area contributed by atoms with Gasteiger partial charge < -0.3 is 14.6 Å². The first-order chi connectivity index (χ1) is 9.97. The highest BCUT2D eigenvalue weighted by Crippen LogP contribution is 2.21. The van der Waals surface area contributed by atoms with Gasteiger partial charge in [0.05, 0.1) is 24.5 Å². The predicted molar refractivity (Wildman–Crippen MR) is 74.7 cm³/mol. The highest BCUT2D eigenvalue weighted by Gasteiger charge is 2.14. The maximum Gasteiger partial charge on any atom is 0.411 e. The summed E-state index contributed by atoms with van der Waals surface area (Å²) in [5, 5.41) is 13.8. The molecule has 0 aliphatic heterocycles. The molecule has 1 rings (SSSR count). The lowest BCUT2D eigenvalue weighted by atomic mass is 10.1. The van der Waals surface area contributed by atoms with E-state index >= 15 is 0 Å². The van der Waals surface area contributed by atoms with E-state index in [-0.39, 0.29) is 30.2 Å². The number of hydrogen-bond acceptors (Lipinski definition) is 5. The number of carboxylic acid groups (broad SMARTS) is 1. The summed E-state index contributed by atoms with van der Waals surface area (Å²) in [6, 6.07) is 3.94. The van der Waals surface area contributed by atoms with E-state index in [0.29, 0.717) is 0 Å². The van der Waals surface area contributed by atoms with Crippen molar-refractivity contribution in [2.45, 2.75) is 13.8 Å². The van der Waals surface area contributed by atoms with Crippen molar-refractivity contribution in [1.29, 1.82) is 0 Å². The zero-order chi connectivity index (χ0) is 15.8. The molecule has 0 spiro atoms. The summed E-state index contributed by atoms with van der Waals surface area (Å²) in [7, 11) is 0. The number of ether oxygens (including phenoxy) is 2. The molecule has 0 unspecified atom stereocenters. The highest BCUT2D eigenvalue weighted by atomic mass is 16.6. The van der Waals surface area contributed by atoms with Crippen LogP contribution < -0.4 is 10.6 Å². The number of carboxylic acids is 1. The second-order valence-corrected chi connectivity index (χ2v) is 3.76. The van der Waals surface area contributed by atoms with Gasteiger partial charge in [0, 0.05) is 5.69 Å². The largest absolute Gasteiger partial charge is 0.478 e. The monoisotopic (exact) mass is 296 g/mol. The van der Waals surface area contributed by atoms with Crippen LogP contribution in [0.15, 0.2) is 18.2 Å². The van der Waals surface area contributed by atoms with Gasteiger partial charge in [0.2, 0.25) is 0 Å². The molecule has 2 amide bonds. The molecular formula is C13H16N2O6. The molecule has 0 aromatic heterocycles. The molecule has 1 aromatic carbocycles. The summed E-state index contributed by atoms with van der Waals surface area (Å²) < 4.78 is 9.39. The molecule has 0 aliphatic carbocycles. The van der Waals surface area contributed by atoms with Gasteiger partial charge in [-0.3, -0.25) is 10.6 Å². The molecule has 0 bridgehead atoms. The Hall–Kier alpha value is -2.77. The number of aromatic carboxylic acids is 1. The van der Waals surface area contributed by atoms with Gasteiger partial charge in [-0.1, -0.05) is 0 Å². The molecule has 0 radical (unpaired) electrons. The summed E-state index contributed by atoms with van der Waals surface area (Å²) in [6.07, 6.45) is -1.46. The normalized spacial score (nSPS) is 9.62. The summed E-state index contributed by atoms with van der Waals surface area (Å²) >= 11 is 0. The van der Waals surface area contributed by atoms with Crippen LogP contribution in [0.5, 0.6) is 0 Å². The number of hydrogen-bond donors (Lipinski definition) is 3. The molecular weight excluding hydrogens is 280 g/mol. The standard InChI is InChI=1S/C13H16N2O6/c1-3-20-12(18)14-8-5-6-9(11(16)17)10(7-8)15-13(19)21-4-2/h5-7H,3-4H2,1-2H3,(H,14,18)(H,15,19)(H,16,17). The van der Waals surface area contributed by atoms with Gasteiger partial charge >= 0.3 is 18.2 Å². The first-order valence-corrected chi connectivity index (χ1v) is 6.22. The van der Waals surface area contributed by atoms with Gasteiger partial charge in [-0.2, -0.15) is 0 Å². The number of carbonyl (C=O) groups is 3. The van der Waals surface area contributed by atoms with Gasteiger partial charge in [0.15, 0.2) is 0 Å². The van der Waals surface area contributed by atoms with Crippen LogP contribution in [0, 0.1) is 0 Å². The van der Waals surface area contributed by atoms with Crippen molar-refractivity contribution in [2.75, 3.05) is 23.8 Å². The minimum Gasteiger partial charge on any atom is -0.478 e. The van der Waals surface area contributed by atoms with E-state index in [1.807, 2.05) is 0 Å². The van der Waals surface area contributed by atoms with Gasteiger partial charge in [0.25, 0.3) is 0 Å². The lowest BCUT2D eigenvalue weighted by Gasteiger charge is -2.11. The Bertz CT molecular complexity index is 543. The quantitative estimate of drug-likeness (QED) is 0.769. The van der Waals surface area contributed by atoms with Crippen molar-refractivity contribution in [3.8, 4) is 0 Å². The van der Waals surface area contributed by atoms with Crippen LogP contribution in [0.3, 0.4) is 0 Å². The van der Waals surface area contributed by atoms with Gasteiger partial charge in [-0.05, 0) is 32.0 Å². The van der Waals surface area contributed by atoms with E-state index < -0.39 is 18.2 Å². The maximum absolute atomic E-state index is 11.4. The third-order valence-corrected chi connectivity index (χ3v) is 2.28. The second-order valence-electron chi connectivity index (χ2n) is 3.76. The van der Waals surface area contributed by atoms with Crippen LogP contribution in [0.4, 0.5) is 21.0 Å². The van der Waals surface area contributed by atoms with E-state index in [1.54, 1.807) is 13.8 Å². The van der Waals surface area contributed by atoms with Crippen LogP contribution in [0.2, 0.25) is 0 Å². The molecule has 21 heavy (non-hydrogen) atoms. The lowest BCUT2D eigenvalue weighted by molar-refractivity contribution is 0.0698. The van der Waals surface area contributed by atoms with Crippen molar-refractivity contribution >= 4 is 29.5 Å². The minimum absolute atomic E-state index is 0.00949. The number of anilines is 2. The summed E-state index contributed by atoms with van der Waals surface area (Å²) in [5.41, 5.74) is 0.165. The molecule has 8 heteroatoms. The Morgan fingerprint density at radius 1 is 1.05 bits per heavy atom. The minimum atomic E-state index is -1.22. The van der Waals surface area contributed by atoms with E-state index in [0.717, 1.165) is 0 Å². The number of rotatable bonds is 5. The second kappa shape index (κ2) is 7.73. The molecule has 0 aliphatic rings. The SMILES string of the molecule is CCOC(=O)Nc1ccc(C(=O)O)c(NC(=O)OCC)c1. The van der Waals surface area contributed by atoms with Crippen molar-refractivity contribution in [2.24, 2.45) is 0 Å². The smallest absolute Gasteiger partial charge is 0.411 e. The van der Waals surface area contributed by atoms with Gasteiger partial charge in [-0.25, -0.2) is 14.4 Å². The fraction of sp³-hybridized carbons (Fsp3) is 0.308. The molecule has 0 atom stereocenters. The number of amides is 2. The van der Waals surface area contributed by atoms with Crippen LogP contribution in [0.1, 0.15) is 24.2 Å². The van der Waals surface area contributed by atoms with Crippen LogP contribution in [-0.2, 0) is 9.47 Å². The topological polar surface area (TPSA) is 114 Å². The molecule has 8 nitrogen and oxygen atoms in total. The van der Waals surface area contributed by atoms with E-state index in [2.05, 4.69) is 15.4 Å². The Morgan fingerprint density at radius 2 is 1.62 bits per heavy atom. The molecule has 0 fully saturated rings. The van der Waals surface area contributed by atoms with E-state index in [1.165, 1.54) is 18.2 Å². The van der Waals surface area contributed by atoms with Crippen LogP contribution in [-0.4, -0.2) is 36.5 Å². The Kier molecular flexibility index (Phi) is 5.99. The summed E-state index contributed by atoms with van der Waals surface area (Å²) in [6.45, 7) is 3.62. The van der Waals surface area contributed by atoms with E-state index in [4.69, 9.17) is 9.84 Å². The Morgan fingerprint density at radius 3 is 2.14 bits per heavy atom. The molecule has 1 aromatic rings. The number of carbonyl (C=O) groups excluding carboxylic acids is 2. The first kappa shape index (κ1) is 16.3. The molecule has 0 saturated carbocycles. The van der Waals surface area contributed by atoms with Gasteiger partial charge in [0.1, 0.15) is 0 Å². The number of nitrogens with one attached hydrogen (secondary N) is 2. The third kappa shape index (κ3) is 5.01. The average Bonchev–Trinajstić information content (AvgIpc) is 2.38. The zero-order valence-corrected chi connectivity index (χ0v) is 11.6. The van der Waals surface area contributed by atoms with Gasteiger partial charge in [-0.15, -0.1) is 0 Å². The van der Waals surface area contributed by atoms with Crippen molar-refractivity contribution in [3.63, 3.8) is 0 Å². The molecule has 3 N–H and O–H groups in total. The molecule has 0 heterocycles. The number of benzene rings is 1. The summed E-state index contributed by atoms with van der Waals surface area (Å²) in [4.78, 5) is 33.8. The van der Waals surface area contributed by atoms with Crippen molar-refractivity contribution in [1.82, 2.24) is 0 Å². The lowest BCUT2D eigenvalue weighted by Crippen LogP contribution is -2.17. The van der Waals surface area contributed by atoms with Crippen LogP contribution in [0.25, 0.3) is 0 Å². The average molecular weight is 296 g/mol. The Balaban J connectivity index is 2.97. The predicted octanol–water partition coefficient (Wildman–Crippen LogP) is 2.52. The summed E-state index contributed by atoms with van der Waals surface area (Å²) in [5.74, 6) is -1.22. The fourth-order valence-electron chi connectivity index (χ4n) is 1.47. The van der Waals surface area contributed by atoms with E-state index in [9.17, 15) is 14.4 Å². The molecule has 114 valence electrons. The maximum atomic E-state index is 11.4. The highest BCUT2D eigenvalue weighted by molar-refractivity contribution is 6.00. The van der Waals surface area contributed by atoms with Crippen molar-refractivity contribution in [3.05, 3.63) is 23.8 Å². The first-order valence-electron chi connectivity index (χ1n) is 6.22. The zero-order valence-electron chi connectivity index (χ0n) is 11.6. The Labute approximate surface area is 121 Å². The van der Waals surface area contributed by atoms with Crippen molar-refractivity contribution < 1.29 is 29.0 Å².